The monoisotopic (exact) mass is 348 g/mol. The van der Waals surface area contributed by atoms with E-state index < -0.39 is 39.6 Å². The summed E-state index contributed by atoms with van der Waals surface area (Å²) in [7, 11) is -1.62. The van der Waals surface area contributed by atoms with E-state index >= 15 is 0 Å². The molecule has 4 nitrogen and oxygen atoms in total. The number of thiophene rings is 1. The highest BCUT2D eigenvalue weighted by Gasteiger charge is 2.39. The van der Waals surface area contributed by atoms with Crippen molar-refractivity contribution in [2.45, 2.75) is 12.6 Å². The van der Waals surface area contributed by atoms with Gasteiger partial charge >= 0.3 is 6.18 Å². The summed E-state index contributed by atoms with van der Waals surface area (Å²) in [4.78, 5) is 22.8. The van der Waals surface area contributed by atoms with E-state index in [1.54, 1.807) is 11.4 Å². The van der Waals surface area contributed by atoms with E-state index in [1.165, 1.54) is 23.6 Å². The van der Waals surface area contributed by atoms with Gasteiger partial charge in [-0.1, -0.05) is 12.1 Å². The Morgan fingerprint density at radius 3 is 2.64 bits per heavy atom. The molecule has 3 N–H and O–H groups in total. The summed E-state index contributed by atoms with van der Waals surface area (Å²) in [6, 6.07) is 3.06. The van der Waals surface area contributed by atoms with Crippen LogP contribution in [0.1, 0.15) is 16.1 Å². The summed E-state index contributed by atoms with van der Waals surface area (Å²) < 4.78 is 39.9. The van der Waals surface area contributed by atoms with Gasteiger partial charge in [-0.25, -0.2) is 5.84 Å². The van der Waals surface area contributed by atoms with Crippen LogP contribution >= 0.6 is 21.8 Å². The van der Waals surface area contributed by atoms with Crippen molar-refractivity contribution in [3.05, 3.63) is 44.9 Å². The van der Waals surface area contributed by atoms with Gasteiger partial charge in [0.05, 0.1) is 14.6 Å². The highest BCUT2D eigenvalue weighted by Crippen LogP contribution is 2.39. The fourth-order valence-corrected chi connectivity index (χ4v) is 4.28. The number of nitrogens with one attached hydrogen (secondary N) is 1. The van der Waals surface area contributed by atoms with Crippen LogP contribution in [-0.4, -0.2) is 22.7 Å². The van der Waals surface area contributed by atoms with Gasteiger partial charge in [-0.3, -0.25) is 15.0 Å². The molecule has 0 saturated carbocycles. The Morgan fingerprint density at radius 1 is 1.36 bits per heavy atom. The van der Waals surface area contributed by atoms with Crippen LogP contribution in [-0.2, 0) is 4.79 Å². The van der Waals surface area contributed by atoms with Crippen molar-refractivity contribution in [3.63, 3.8) is 0 Å². The van der Waals surface area contributed by atoms with E-state index in [1.807, 2.05) is 5.43 Å². The number of rotatable bonds is 4. The third-order valence-corrected chi connectivity index (χ3v) is 5.80. The number of hydrogen-bond donors (Lipinski definition) is 2. The van der Waals surface area contributed by atoms with Gasteiger partial charge in [0, 0.05) is 6.42 Å². The Balaban J connectivity index is 2.41. The van der Waals surface area contributed by atoms with Gasteiger partial charge in [0.15, 0.2) is 5.78 Å². The van der Waals surface area contributed by atoms with E-state index in [-0.39, 0.29) is 9.78 Å². The molecule has 1 aliphatic rings. The fourth-order valence-electron chi connectivity index (χ4n) is 1.79. The number of nitrogens with two attached hydrogens (primary N) is 1. The summed E-state index contributed by atoms with van der Waals surface area (Å²) in [6.45, 7) is 0. The second kappa shape index (κ2) is 6.59. The van der Waals surface area contributed by atoms with E-state index in [0.717, 1.165) is 11.3 Å². The summed E-state index contributed by atoms with van der Waals surface area (Å²) in [6.07, 6.45) is -2.84. The lowest BCUT2D eigenvalue weighted by Gasteiger charge is -2.16. The average molecular weight is 348 g/mol. The Labute approximate surface area is 130 Å². The summed E-state index contributed by atoms with van der Waals surface area (Å²) >= 11 is 1.08. The first kappa shape index (κ1) is 16.7. The van der Waals surface area contributed by atoms with Crippen molar-refractivity contribution >= 4 is 38.4 Å². The Bertz CT molecular complexity index is 689. The maximum atomic E-state index is 13.3. The molecule has 0 fully saturated rings. The predicted octanol–water partition coefficient (Wildman–Crippen LogP) is 2.73. The zero-order chi connectivity index (χ0) is 16.3. The fraction of sp³-hybridized carbons (Fsp3) is 0.154. The first-order chi connectivity index (χ1) is 10.3. The molecular weight excluding hydrogens is 337 g/mol. The lowest BCUT2D eigenvalue weighted by molar-refractivity contribution is -0.116. The number of carbonyl (C=O) groups is 2. The third kappa shape index (κ3) is 3.54. The van der Waals surface area contributed by atoms with Gasteiger partial charge in [0.25, 0.3) is 5.91 Å². The molecule has 0 spiro atoms. The smallest absolute Gasteiger partial charge is 0.293 e. The molecule has 0 aliphatic carbocycles. The van der Waals surface area contributed by atoms with Crippen molar-refractivity contribution in [2.75, 3.05) is 0 Å². The van der Waals surface area contributed by atoms with E-state index in [0.29, 0.717) is 0 Å². The summed E-state index contributed by atoms with van der Waals surface area (Å²) in [5.41, 5.74) is 1.82. The number of Topliss-reactive ketones (excluding diaryl/α,β-unsaturated/α-hetero) is 1. The number of hydrogen-bond acceptors (Lipinski definition) is 4. The van der Waals surface area contributed by atoms with Crippen molar-refractivity contribution < 1.29 is 22.8 Å². The molecule has 0 aromatic carbocycles. The molecule has 0 saturated heterocycles. The Hall–Kier alpha value is -1.71. The van der Waals surface area contributed by atoms with Crippen LogP contribution in [0.25, 0.3) is 0 Å². The molecular formula is C13H11F3N2O2S2. The van der Waals surface area contributed by atoms with Gasteiger partial charge in [0.2, 0.25) is 0 Å². The number of ketones is 1. The lowest BCUT2D eigenvalue weighted by atomic mass is 10.2. The lowest BCUT2D eigenvalue weighted by Crippen LogP contribution is -2.32. The van der Waals surface area contributed by atoms with Gasteiger partial charge in [0.1, 0.15) is 0 Å². The first-order valence-corrected chi connectivity index (χ1v) is 8.13. The topological polar surface area (TPSA) is 72.2 Å². The Kier molecular flexibility index (Phi) is 4.99. The molecule has 0 bridgehead atoms. The summed E-state index contributed by atoms with van der Waals surface area (Å²) in [5, 5.41) is 2.88. The second-order valence-electron chi connectivity index (χ2n) is 4.17. The van der Waals surface area contributed by atoms with Crippen LogP contribution in [0, 0.1) is 0 Å². The average Bonchev–Trinajstić information content (AvgIpc) is 3.13. The van der Waals surface area contributed by atoms with Gasteiger partial charge < -0.3 is 0 Å². The molecule has 2 heterocycles. The zero-order valence-electron chi connectivity index (χ0n) is 11.0. The highest BCUT2D eigenvalue weighted by molar-refractivity contribution is 8.22. The van der Waals surface area contributed by atoms with Crippen LogP contribution in [0.15, 0.2) is 40.0 Å². The van der Waals surface area contributed by atoms with Gasteiger partial charge in [-0.05, 0) is 22.9 Å². The SMILES string of the molecule is NNC(=O)C1=CC=CS1=C(CC(=O)c1cccs1)C(F)(F)F. The summed E-state index contributed by atoms with van der Waals surface area (Å²) in [5.74, 6) is 3.57. The molecule has 0 radical (unpaired) electrons. The maximum absolute atomic E-state index is 13.3. The second-order valence-corrected chi connectivity index (χ2v) is 7.00. The number of halogens is 3. The van der Waals surface area contributed by atoms with Crippen molar-refractivity contribution in [3.8, 4) is 0 Å². The number of amides is 1. The van der Waals surface area contributed by atoms with E-state index in [2.05, 4.69) is 0 Å². The van der Waals surface area contributed by atoms with Crippen molar-refractivity contribution in [1.29, 1.82) is 0 Å². The van der Waals surface area contributed by atoms with Crippen LogP contribution in [0.4, 0.5) is 13.2 Å². The van der Waals surface area contributed by atoms with Gasteiger partial charge in [-0.2, -0.15) is 13.2 Å². The molecule has 22 heavy (non-hydrogen) atoms. The third-order valence-electron chi connectivity index (χ3n) is 2.75. The van der Waals surface area contributed by atoms with Crippen molar-refractivity contribution in [2.24, 2.45) is 5.84 Å². The number of allylic oxidation sites excluding steroid dienone is 2. The minimum absolute atomic E-state index is 0.103. The standard InChI is InChI=1S/C13H11F3N2O2S2/c14-13(15,16)11(7-8(19)9-3-1-5-21-9)22-6-2-4-10(22)12(20)18-17/h1-6H,7,17H2,(H,18,20). The number of hydrazine groups is 1. The number of carbonyl (C=O) groups excluding carboxylic acids is 2. The minimum atomic E-state index is -4.68. The molecule has 9 heteroatoms. The molecule has 1 aromatic heterocycles. The van der Waals surface area contributed by atoms with Crippen molar-refractivity contribution in [1.82, 2.24) is 5.43 Å². The van der Waals surface area contributed by atoms with Gasteiger partial charge in [-0.15, -0.1) is 21.8 Å². The van der Waals surface area contributed by atoms with E-state index in [4.69, 9.17) is 5.84 Å². The molecule has 2 rings (SSSR count). The van der Waals surface area contributed by atoms with Crippen LogP contribution in [0.3, 0.4) is 0 Å². The Morgan fingerprint density at radius 2 is 2.09 bits per heavy atom. The predicted molar refractivity (Wildman–Crippen MR) is 81.5 cm³/mol. The molecule has 1 atom stereocenters. The molecule has 1 aromatic rings. The highest BCUT2D eigenvalue weighted by atomic mass is 32.2. The van der Waals surface area contributed by atoms with Crippen LogP contribution in [0.2, 0.25) is 0 Å². The van der Waals surface area contributed by atoms with Crippen LogP contribution in [0.5, 0.6) is 0 Å². The maximum Gasteiger partial charge on any atom is 0.418 e. The van der Waals surface area contributed by atoms with E-state index in [9.17, 15) is 22.8 Å². The minimum Gasteiger partial charge on any atom is -0.293 e. The zero-order valence-corrected chi connectivity index (χ0v) is 12.6. The molecule has 118 valence electrons. The molecule has 1 unspecified atom stereocenters. The first-order valence-electron chi connectivity index (χ1n) is 5.97. The quantitative estimate of drug-likeness (QED) is 0.289. The van der Waals surface area contributed by atoms with Crippen LogP contribution < -0.4 is 11.3 Å². The molecule has 1 aliphatic heterocycles. The number of alkyl halides is 3. The molecule has 1 amide bonds. The largest absolute Gasteiger partial charge is 0.418 e. The normalized spacial score (nSPS) is 18.1.